The highest BCUT2D eigenvalue weighted by Gasteiger charge is 2.16. The maximum absolute atomic E-state index is 6.71. The van der Waals surface area contributed by atoms with Crippen molar-refractivity contribution in [3.8, 4) is 20.9 Å². The Morgan fingerprint density at radius 2 is 0.940 bits per heavy atom. The molecule has 0 aliphatic rings. The van der Waals surface area contributed by atoms with Crippen LogP contribution in [0.3, 0.4) is 0 Å². The zero-order valence-electron chi connectivity index (χ0n) is 29.6. The molecular formula is C46H48OS3. The number of rotatable bonds is 16. The highest BCUT2D eigenvalue weighted by atomic mass is 32.1. The van der Waals surface area contributed by atoms with Crippen molar-refractivity contribution >= 4 is 86.9 Å². The summed E-state index contributed by atoms with van der Waals surface area (Å²) in [5.74, 6) is 0. The van der Waals surface area contributed by atoms with Gasteiger partial charge < -0.3 is 4.42 Å². The van der Waals surface area contributed by atoms with E-state index in [4.69, 9.17) is 4.42 Å². The van der Waals surface area contributed by atoms with E-state index in [0.29, 0.717) is 0 Å². The molecule has 8 aromatic rings. The molecule has 0 unspecified atom stereocenters. The summed E-state index contributed by atoms with van der Waals surface area (Å²) in [4.78, 5) is 5.73. The molecule has 8 rings (SSSR count). The van der Waals surface area contributed by atoms with E-state index >= 15 is 0 Å². The molecular weight excluding hydrogens is 665 g/mol. The zero-order valence-corrected chi connectivity index (χ0v) is 32.1. The second-order valence-corrected chi connectivity index (χ2v) is 17.6. The van der Waals surface area contributed by atoms with Crippen LogP contribution in [0.25, 0.3) is 73.8 Å². The molecule has 4 heteroatoms. The average Bonchev–Trinajstić information content (AvgIpc) is 3.95. The Morgan fingerprint density at radius 3 is 1.58 bits per heavy atom. The Hall–Kier alpha value is -3.44. The zero-order chi connectivity index (χ0) is 33.9. The minimum atomic E-state index is 0.976. The van der Waals surface area contributed by atoms with Crippen LogP contribution in [0.15, 0.2) is 89.3 Å². The van der Waals surface area contributed by atoms with Crippen LogP contribution < -0.4 is 0 Å². The molecule has 0 radical (unpaired) electrons. The quantitative estimate of drug-likeness (QED) is 0.0909. The standard InChI is InChI=1S/C46H48OS3/c1-3-5-7-9-11-13-15-33-19-27-42(48-33)31-17-21-35-37-23-26-40-38(45(37)47-41(35)29-31)24-25-39-36-22-18-32(30-44(36)50-46(39)40)43-28-20-34(49-43)16-14-12-10-8-6-4-2/h17-30H,3-16H2,1-2H3. The van der Waals surface area contributed by atoms with Crippen LogP contribution in [0, 0.1) is 0 Å². The van der Waals surface area contributed by atoms with Crippen LogP contribution in [0.5, 0.6) is 0 Å². The highest BCUT2D eigenvalue weighted by Crippen LogP contribution is 2.44. The molecule has 0 fully saturated rings. The van der Waals surface area contributed by atoms with Gasteiger partial charge in [-0.2, -0.15) is 0 Å². The minimum absolute atomic E-state index is 0.976. The van der Waals surface area contributed by atoms with Gasteiger partial charge in [0.25, 0.3) is 0 Å². The van der Waals surface area contributed by atoms with E-state index < -0.39 is 0 Å². The maximum Gasteiger partial charge on any atom is 0.143 e. The lowest BCUT2D eigenvalue weighted by Gasteiger charge is -2.01. The Balaban J connectivity index is 1.04. The van der Waals surface area contributed by atoms with Crippen LogP contribution >= 0.6 is 34.0 Å². The van der Waals surface area contributed by atoms with E-state index in [-0.39, 0.29) is 0 Å². The van der Waals surface area contributed by atoms with Crippen molar-refractivity contribution < 1.29 is 4.42 Å². The van der Waals surface area contributed by atoms with Gasteiger partial charge in [-0.1, -0.05) is 108 Å². The lowest BCUT2D eigenvalue weighted by atomic mass is 10.0. The fourth-order valence-electron chi connectivity index (χ4n) is 7.67. The van der Waals surface area contributed by atoms with Gasteiger partial charge in [0.05, 0.1) is 0 Å². The smallest absolute Gasteiger partial charge is 0.143 e. The van der Waals surface area contributed by atoms with Crippen LogP contribution in [0.1, 0.15) is 101 Å². The molecule has 4 aromatic heterocycles. The number of furan rings is 1. The molecule has 0 N–H and O–H groups in total. The van der Waals surface area contributed by atoms with Crippen LogP contribution in [-0.4, -0.2) is 0 Å². The van der Waals surface area contributed by atoms with Crippen molar-refractivity contribution in [2.24, 2.45) is 0 Å². The third kappa shape index (κ3) is 6.92. The topological polar surface area (TPSA) is 13.1 Å². The summed E-state index contributed by atoms with van der Waals surface area (Å²) >= 11 is 5.84. The van der Waals surface area contributed by atoms with Crippen molar-refractivity contribution in [3.05, 3.63) is 94.7 Å². The molecule has 0 aliphatic carbocycles. The van der Waals surface area contributed by atoms with Crippen LogP contribution in [-0.2, 0) is 12.8 Å². The number of unbranched alkanes of at least 4 members (excludes halogenated alkanes) is 10. The van der Waals surface area contributed by atoms with Crippen molar-refractivity contribution in [1.29, 1.82) is 0 Å². The lowest BCUT2D eigenvalue weighted by molar-refractivity contribution is 0.609. The first-order valence-corrected chi connectivity index (χ1v) is 21.6. The van der Waals surface area contributed by atoms with Crippen molar-refractivity contribution in [2.75, 3.05) is 0 Å². The molecule has 50 heavy (non-hydrogen) atoms. The molecule has 0 saturated carbocycles. The van der Waals surface area contributed by atoms with E-state index in [1.807, 2.05) is 34.0 Å². The van der Waals surface area contributed by atoms with Gasteiger partial charge in [0.2, 0.25) is 0 Å². The lowest BCUT2D eigenvalue weighted by Crippen LogP contribution is -1.82. The number of thiophene rings is 3. The van der Waals surface area contributed by atoms with Gasteiger partial charge in [0.15, 0.2) is 0 Å². The average molecular weight is 713 g/mol. The largest absolute Gasteiger partial charge is 0.455 e. The normalized spacial score (nSPS) is 12.1. The van der Waals surface area contributed by atoms with Gasteiger partial charge in [-0.15, -0.1) is 34.0 Å². The van der Waals surface area contributed by atoms with Crippen molar-refractivity contribution in [3.63, 3.8) is 0 Å². The minimum Gasteiger partial charge on any atom is -0.455 e. The predicted molar refractivity (Wildman–Crippen MR) is 225 cm³/mol. The number of hydrogen-bond donors (Lipinski definition) is 0. The Bertz CT molecular complexity index is 2210. The van der Waals surface area contributed by atoms with Gasteiger partial charge in [0, 0.05) is 61.2 Å². The van der Waals surface area contributed by atoms with Crippen molar-refractivity contribution in [1.82, 2.24) is 0 Å². The van der Waals surface area contributed by atoms with E-state index in [2.05, 4.69) is 98.8 Å². The Morgan fingerprint density at radius 1 is 0.440 bits per heavy atom. The Labute approximate surface area is 309 Å². The molecule has 0 bridgehead atoms. The molecule has 0 aliphatic heterocycles. The van der Waals surface area contributed by atoms with Gasteiger partial charge in [0.1, 0.15) is 11.2 Å². The first-order chi connectivity index (χ1) is 24.7. The summed E-state index contributed by atoms with van der Waals surface area (Å²) in [5, 5.41) is 7.57. The molecule has 0 atom stereocenters. The third-order valence-electron chi connectivity index (χ3n) is 10.5. The highest BCUT2D eigenvalue weighted by molar-refractivity contribution is 7.26. The molecule has 0 spiro atoms. The van der Waals surface area contributed by atoms with Crippen LogP contribution in [0.4, 0.5) is 0 Å². The molecule has 0 saturated heterocycles. The van der Waals surface area contributed by atoms with E-state index in [0.717, 1.165) is 11.2 Å². The second kappa shape index (κ2) is 15.4. The monoisotopic (exact) mass is 712 g/mol. The Kier molecular flexibility index (Phi) is 10.4. The van der Waals surface area contributed by atoms with Gasteiger partial charge in [-0.3, -0.25) is 0 Å². The summed E-state index contributed by atoms with van der Waals surface area (Å²) in [6.07, 6.45) is 18.6. The predicted octanol–water partition coefficient (Wildman–Crippen LogP) is 16.4. The first-order valence-electron chi connectivity index (χ1n) is 19.1. The van der Waals surface area contributed by atoms with E-state index in [1.165, 1.54) is 162 Å². The second-order valence-electron chi connectivity index (χ2n) is 14.2. The van der Waals surface area contributed by atoms with E-state index in [9.17, 15) is 0 Å². The first kappa shape index (κ1) is 33.7. The maximum atomic E-state index is 6.71. The number of hydrogen-bond acceptors (Lipinski definition) is 4. The van der Waals surface area contributed by atoms with Gasteiger partial charge in [-0.25, -0.2) is 0 Å². The number of aryl methyl sites for hydroxylation is 2. The van der Waals surface area contributed by atoms with Gasteiger partial charge >= 0.3 is 0 Å². The fraction of sp³-hybridized carbons (Fsp3) is 0.348. The van der Waals surface area contributed by atoms with Gasteiger partial charge in [-0.05, 0) is 91.4 Å². The van der Waals surface area contributed by atoms with Crippen LogP contribution in [0.2, 0.25) is 0 Å². The number of benzene rings is 4. The summed E-state index contributed by atoms with van der Waals surface area (Å²) < 4.78 is 9.42. The number of fused-ring (bicyclic) bond motifs is 9. The van der Waals surface area contributed by atoms with Crippen molar-refractivity contribution in [2.45, 2.75) is 104 Å². The summed E-state index contributed by atoms with van der Waals surface area (Å²) in [6, 6.07) is 32.4. The molecule has 0 amide bonds. The molecule has 256 valence electrons. The summed E-state index contributed by atoms with van der Waals surface area (Å²) in [5.41, 5.74) is 4.57. The van der Waals surface area contributed by atoms with E-state index in [1.54, 1.807) is 0 Å². The summed E-state index contributed by atoms with van der Waals surface area (Å²) in [7, 11) is 0. The molecule has 4 heterocycles. The fourth-order valence-corrected chi connectivity index (χ4v) is 11.0. The molecule has 4 aromatic carbocycles. The third-order valence-corrected chi connectivity index (χ3v) is 14.1. The SMILES string of the molecule is CCCCCCCCc1ccc(-c2ccc3c(c2)oc2c3ccc3c2ccc2c4ccc(-c5ccc(CCCCCCCC)s5)cc4sc23)s1. The molecule has 1 nitrogen and oxygen atoms in total. The summed E-state index contributed by atoms with van der Waals surface area (Å²) in [6.45, 7) is 4.57.